The van der Waals surface area contributed by atoms with Crippen LogP contribution >= 0.6 is 17.8 Å². The van der Waals surface area contributed by atoms with Crippen molar-refractivity contribution in [2.75, 3.05) is 0 Å². The minimum atomic E-state index is -3.61. The van der Waals surface area contributed by atoms with Crippen molar-refractivity contribution in [3.05, 3.63) is 109 Å². The number of rotatable bonds is 4. The van der Waals surface area contributed by atoms with E-state index < -0.39 is 16.1 Å². The Morgan fingerprint density at radius 1 is 0.370 bits per heavy atom. The second-order valence-corrected chi connectivity index (χ2v) is 21.9. The van der Waals surface area contributed by atoms with Crippen molar-refractivity contribution in [1.29, 1.82) is 0 Å². The van der Waals surface area contributed by atoms with Crippen molar-refractivity contribution < 1.29 is 0 Å². The molecule has 4 aromatic carbocycles. The Balaban J connectivity index is 1.61. The van der Waals surface area contributed by atoms with Crippen LogP contribution in [0.5, 0.6) is 0 Å². The van der Waals surface area contributed by atoms with E-state index in [9.17, 15) is 0 Å². The molecule has 132 valence electrons. The van der Waals surface area contributed by atoms with Gasteiger partial charge in [-0.2, -0.15) is 0 Å². The van der Waals surface area contributed by atoms with Gasteiger partial charge in [-0.1, -0.05) is 0 Å². The molecular weight excluding hydrogens is 478 g/mol. The first-order valence-electron chi connectivity index (χ1n) is 8.84. The molecule has 0 N–H and O–H groups in total. The predicted octanol–water partition coefficient (Wildman–Crippen LogP) is 6.05. The molecule has 0 aliphatic heterocycles. The summed E-state index contributed by atoms with van der Waals surface area (Å²) in [5, 5.41) is 0. The van der Waals surface area contributed by atoms with E-state index in [1.807, 2.05) is 36.4 Å². The van der Waals surface area contributed by atoms with Crippen LogP contribution < -0.4 is 7.16 Å². The summed E-state index contributed by atoms with van der Waals surface area (Å²) in [6, 6.07) is 37.4. The molecule has 0 heterocycles. The van der Waals surface area contributed by atoms with E-state index in [2.05, 4.69) is 72.8 Å². The Hall–Kier alpha value is -1.74. The van der Waals surface area contributed by atoms with Crippen LogP contribution in [0.15, 0.2) is 109 Å². The number of hydrogen-bond acceptors (Lipinski definition) is 0. The van der Waals surface area contributed by atoms with Crippen molar-refractivity contribution >= 4 is 41.1 Å². The second-order valence-electron chi connectivity index (χ2n) is 6.46. The van der Waals surface area contributed by atoms with Crippen LogP contribution in [0, 0.1) is 0 Å². The Bertz CT molecular complexity index is 924. The van der Waals surface area contributed by atoms with Gasteiger partial charge >= 0.3 is 173 Å². The molecule has 3 heteroatoms. The van der Waals surface area contributed by atoms with E-state index in [0.29, 0.717) is 0 Å². The Morgan fingerprint density at radius 3 is 1.00 bits per heavy atom. The van der Waals surface area contributed by atoms with Gasteiger partial charge in [-0.05, 0) is 0 Å². The summed E-state index contributed by atoms with van der Waals surface area (Å²) in [7, 11) is 13.9. The first kappa shape index (κ1) is 18.6. The second kappa shape index (κ2) is 8.10. The fourth-order valence-electron chi connectivity index (χ4n) is 3.17. The average molecular weight is 496 g/mol. The van der Waals surface area contributed by atoms with Gasteiger partial charge in [0.1, 0.15) is 0 Å². The first-order chi connectivity index (χ1) is 13.1. The third kappa shape index (κ3) is 4.08. The Labute approximate surface area is 171 Å². The van der Waals surface area contributed by atoms with Gasteiger partial charge in [0.05, 0.1) is 0 Å². The standard InChI is InChI=1S/2C12H9.2ClH.Sn/c2*1-3-7-11(8-4-1)12-9-5-2-6-10-12;;;/h2*1,3-10H;2*1H;/q;;;;+2/p-2. The van der Waals surface area contributed by atoms with E-state index in [1.54, 1.807) is 0 Å². The van der Waals surface area contributed by atoms with E-state index in [1.165, 1.54) is 22.3 Å². The van der Waals surface area contributed by atoms with E-state index in [-0.39, 0.29) is 0 Å². The molecule has 0 nitrogen and oxygen atoms in total. The summed E-state index contributed by atoms with van der Waals surface area (Å²) in [5.41, 5.74) is 4.74. The Kier molecular flexibility index (Phi) is 5.58. The molecule has 0 atom stereocenters. The van der Waals surface area contributed by atoms with Gasteiger partial charge in [0.25, 0.3) is 0 Å². The number of benzene rings is 4. The van der Waals surface area contributed by atoms with Gasteiger partial charge in [-0.15, -0.1) is 0 Å². The van der Waals surface area contributed by atoms with Crippen LogP contribution in [0.1, 0.15) is 0 Å². The van der Waals surface area contributed by atoms with Gasteiger partial charge in [0.15, 0.2) is 0 Å². The summed E-state index contributed by atoms with van der Waals surface area (Å²) in [4.78, 5) is 0. The van der Waals surface area contributed by atoms with Gasteiger partial charge in [0, 0.05) is 0 Å². The molecule has 0 aromatic heterocycles. The first-order valence-corrected chi connectivity index (χ1v) is 18.9. The van der Waals surface area contributed by atoms with Crippen molar-refractivity contribution in [2.45, 2.75) is 0 Å². The molecule has 27 heavy (non-hydrogen) atoms. The molecule has 0 saturated carbocycles. The van der Waals surface area contributed by atoms with E-state index in [4.69, 9.17) is 17.8 Å². The van der Waals surface area contributed by atoms with Crippen molar-refractivity contribution in [1.82, 2.24) is 0 Å². The van der Waals surface area contributed by atoms with Gasteiger partial charge < -0.3 is 0 Å². The van der Waals surface area contributed by atoms with Crippen LogP contribution in [-0.4, -0.2) is 16.1 Å². The van der Waals surface area contributed by atoms with Crippen LogP contribution in [0.25, 0.3) is 22.3 Å². The molecule has 0 aliphatic rings. The molecule has 0 radical (unpaired) electrons. The molecular formula is C24H18Cl2Sn. The average Bonchev–Trinajstić information content (AvgIpc) is 2.75. The van der Waals surface area contributed by atoms with Crippen LogP contribution in [0.3, 0.4) is 0 Å². The molecule has 0 spiro atoms. The van der Waals surface area contributed by atoms with Crippen molar-refractivity contribution in [3.8, 4) is 22.3 Å². The van der Waals surface area contributed by atoms with Crippen molar-refractivity contribution in [3.63, 3.8) is 0 Å². The molecule has 0 fully saturated rings. The molecule has 4 aromatic rings. The maximum absolute atomic E-state index is 6.96. The monoisotopic (exact) mass is 496 g/mol. The van der Waals surface area contributed by atoms with Gasteiger partial charge in [-0.25, -0.2) is 0 Å². The summed E-state index contributed by atoms with van der Waals surface area (Å²) in [6.07, 6.45) is 0. The third-order valence-electron chi connectivity index (χ3n) is 4.71. The zero-order valence-electron chi connectivity index (χ0n) is 14.6. The summed E-state index contributed by atoms with van der Waals surface area (Å²) in [5.74, 6) is 0. The topological polar surface area (TPSA) is 0 Å². The zero-order chi connectivity index (χ0) is 18.7. The number of halogens is 2. The SMILES string of the molecule is [Cl][Sn]([Cl])([c]1ccc(-c2ccccc2)cc1)[c]1ccc(-c2ccccc2)cc1. The minimum absolute atomic E-state index is 1.07. The quantitative estimate of drug-likeness (QED) is 0.302. The summed E-state index contributed by atoms with van der Waals surface area (Å²) < 4.78 is 2.14. The fourth-order valence-corrected chi connectivity index (χ4v) is 10.8. The summed E-state index contributed by atoms with van der Waals surface area (Å²) >= 11 is -3.61. The maximum atomic E-state index is 6.96. The predicted molar refractivity (Wildman–Crippen MR) is 120 cm³/mol. The molecule has 0 saturated heterocycles. The van der Waals surface area contributed by atoms with E-state index in [0.717, 1.165) is 7.16 Å². The number of hydrogen-bond donors (Lipinski definition) is 0. The van der Waals surface area contributed by atoms with E-state index >= 15 is 0 Å². The Morgan fingerprint density at radius 2 is 0.667 bits per heavy atom. The zero-order valence-corrected chi connectivity index (χ0v) is 19.0. The molecule has 0 unspecified atom stereocenters. The van der Waals surface area contributed by atoms with Gasteiger partial charge in [0.2, 0.25) is 0 Å². The summed E-state index contributed by atoms with van der Waals surface area (Å²) in [6.45, 7) is 0. The van der Waals surface area contributed by atoms with Gasteiger partial charge in [-0.3, -0.25) is 0 Å². The molecule has 0 aliphatic carbocycles. The van der Waals surface area contributed by atoms with Crippen molar-refractivity contribution in [2.24, 2.45) is 0 Å². The third-order valence-corrected chi connectivity index (χ3v) is 16.6. The molecule has 0 bridgehead atoms. The molecule has 0 amide bonds. The normalized spacial score (nSPS) is 11.3. The fraction of sp³-hybridized carbons (Fsp3) is 0. The van der Waals surface area contributed by atoms with Crippen LogP contribution in [0.4, 0.5) is 0 Å². The van der Waals surface area contributed by atoms with Crippen LogP contribution in [0.2, 0.25) is 0 Å². The van der Waals surface area contributed by atoms with Crippen LogP contribution in [-0.2, 0) is 0 Å². The molecule has 4 rings (SSSR count).